The van der Waals surface area contributed by atoms with Crippen LogP contribution in [0.15, 0.2) is 18.2 Å². The SMILES string of the molecule is CCNc1ccc(C(=O)N(C)CC(C)(C)C)cc1[N+](=O)[O-]. The van der Waals surface area contributed by atoms with Gasteiger partial charge >= 0.3 is 0 Å². The van der Waals surface area contributed by atoms with E-state index in [1.165, 1.54) is 6.07 Å². The maximum absolute atomic E-state index is 12.3. The molecule has 0 aliphatic rings. The first-order valence-electron chi connectivity index (χ1n) is 6.93. The van der Waals surface area contributed by atoms with Crippen LogP contribution in [0.4, 0.5) is 11.4 Å². The van der Waals surface area contributed by atoms with Gasteiger partial charge in [0.2, 0.25) is 0 Å². The predicted molar refractivity (Wildman–Crippen MR) is 83.7 cm³/mol. The number of anilines is 1. The molecule has 1 N–H and O–H groups in total. The topological polar surface area (TPSA) is 75.5 Å². The van der Waals surface area contributed by atoms with Gasteiger partial charge in [0, 0.05) is 31.8 Å². The number of nitro benzene ring substituents is 1. The molecule has 0 saturated heterocycles. The van der Waals surface area contributed by atoms with Gasteiger partial charge in [0.1, 0.15) is 5.69 Å². The smallest absolute Gasteiger partial charge is 0.293 e. The van der Waals surface area contributed by atoms with E-state index in [2.05, 4.69) is 5.32 Å². The van der Waals surface area contributed by atoms with E-state index in [4.69, 9.17) is 0 Å². The van der Waals surface area contributed by atoms with E-state index in [0.717, 1.165) is 0 Å². The number of hydrogen-bond acceptors (Lipinski definition) is 4. The van der Waals surface area contributed by atoms with Crippen LogP contribution in [0, 0.1) is 15.5 Å². The molecule has 0 unspecified atom stereocenters. The van der Waals surface area contributed by atoms with Gasteiger partial charge in [0.25, 0.3) is 11.6 Å². The van der Waals surface area contributed by atoms with Crippen molar-refractivity contribution in [2.45, 2.75) is 27.7 Å². The molecular formula is C15H23N3O3. The zero-order valence-corrected chi connectivity index (χ0v) is 13.3. The quantitative estimate of drug-likeness (QED) is 0.668. The molecule has 0 saturated carbocycles. The first-order valence-corrected chi connectivity index (χ1v) is 6.93. The average Bonchev–Trinajstić information content (AvgIpc) is 2.36. The van der Waals surface area contributed by atoms with Crippen molar-refractivity contribution in [2.24, 2.45) is 5.41 Å². The van der Waals surface area contributed by atoms with Gasteiger partial charge in [-0.3, -0.25) is 14.9 Å². The fourth-order valence-corrected chi connectivity index (χ4v) is 2.16. The minimum atomic E-state index is -0.474. The summed E-state index contributed by atoms with van der Waals surface area (Å²) in [6.07, 6.45) is 0. The first kappa shape index (κ1) is 16.9. The molecule has 1 rings (SSSR count). The highest BCUT2D eigenvalue weighted by Gasteiger charge is 2.22. The average molecular weight is 293 g/mol. The maximum atomic E-state index is 12.3. The Balaban J connectivity index is 3.06. The largest absolute Gasteiger partial charge is 0.380 e. The third-order valence-electron chi connectivity index (χ3n) is 2.87. The summed E-state index contributed by atoms with van der Waals surface area (Å²) in [6, 6.07) is 4.53. The molecule has 0 fully saturated rings. The van der Waals surface area contributed by atoms with E-state index in [1.807, 2.05) is 27.7 Å². The van der Waals surface area contributed by atoms with Crippen molar-refractivity contribution in [3.63, 3.8) is 0 Å². The minimum absolute atomic E-state index is 0.0277. The molecule has 0 radical (unpaired) electrons. The Morgan fingerprint density at radius 3 is 2.48 bits per heavy atom. The second-order valence-electron chi connectivity index (χ2n) is 6.24. The van der Waals surface area contributed by atoms with Crippen molar-refractivity contribution in [3.05, 3.63) is 33.9 Å². The Morgan fingerprint density at radius 2 is 2.00 bits per heavy atom. The van der Waals surface area contributed by atoms with Crippen molar-refractivity contribution in [2.75, 3.05) is 25.5 Å². The zero-order chi connectivity index (χ0) is 16.2. The molecule has 1 aromatic rings. The lowest BCUT2D eigenvalue weighted by Gasteiger charge is -2.26. The monoisotopic (exact) mass is 293 g/mol. The molecule has 0 aliphatic heterocycles. The first-order chi connectivity index (χ1) is 9.65. The molecule has 0 bridgehead atoms. The molecule has 0 heterocycles. The van der Waals surface area contributed by atoms with Crippen LogP contribution in [0.1, 0.15) is 38.1 Å². The predicted octanol–water partition coefficient (Wildman–Crippen LogP) is 3.14. The number of carbonyl (C=O) groups excluding carboxylic acids is 1. The summed E-state index contributed by atoms with van der Waals surface area (Å²) in [4.78, 5) is 24.6. The summed E-state index contributed by atoms with van der Waals surface area (Å²) in [5.74, 6) is -0.212. The van der Waals surface area contributed by atoms with Crippen molar-refractivity contribution < 1.29 is 9.72 Å². The van der Waals surface area contributed by atoms with Crippen LogP contribution in [-0.4, -0.2) is 35.9 Å². The third kappa shape index (κ3) is 4.73. The molecule has 21 heavy (non-hydrogen) atoms. The minimum Gasteiger partial charge on any atom is -0.380 e. The van der Waals surface area contributed by atoms with Gasteiger partial charge in [0.05, 0.1) is 4.92 Å². The number of amides is 1. The molecule has 0 aromatic heterocycles. The second kappa shape index (κ2) is 6.56. The third-order valence-corrected chi connectivity index (χ3v) is 2.87. The number of nitro groups is 1. The fourth-order valence-electron chi connectivity index (χ4n) is 2.16. The Bertz CT molecular complexity index is 535. The molecule has 1 amide bonds. The number of hydrogen-bond donors (Lipinski definition) is 1. The fraction of sp³-hybridized carbons (Fsp3) is 0.533. The Morgan fingerprint density at radius 1 is 1.38 bits per heavy atom. The van der Waals surface area contributed by atoms with Crippen molar-refractivity contribution in [1.29, 1.82) is 0 Å². The lowest BCUT2D eigenvalue weighted by molar-refractivity contribution is -0.384. The Kier molecular flexibility index (Phi) is 5.29. The highest BCUT2D eigenvalue weighted by atomic mass is 16.6. The van der Waals surface area contributed by atoms with Crippen LogP contribution < -0.4 is 5.32 Å². The normalized spacial score (nSPS) is 11.1. The number of rotatable bonds is 5. The van der Waals surface area contributed by atoms with Crippen molar-refractivity contribution in [3.8, 4) is 0 Å². The van der Waals surface area contributed by atoms with Gasteiger partial charge in [0.15, 0.2) is 0 Å². The van der Waals surface area contributed by atoms with Gasteiger partial charge in [-0.05, 0) is 24.5 Å². The van der Waals surface area contributed by atoms with Crippen LogP contribution >= 0.6 is 0 Å². The molecule has 116 valence electrons. The summed E-state index contributed by atoms with van der Waals surface area (Å²) in [6.45, 7) is 9.13. The van der Waals surface area contributed by atoms with Crippen LogP contribution in [0.2, 0.25) is 0 Å². The molecule has 6 heteroatoms. The summed E-state index contributed by atoms with van der Waals surface area (Å²) >= 11 is 0. The maximum Gasteiger partial charge on any atom is 0.293 e. The van der Waals surface area contributed by atoms with E-state index in [0.29, 0.717) is 24.3 Å². The van der Waals surface area contributed by atoms with Crippen molar-refractivity contribution in [1.82, 2.24) is 4.90 Å². The van der Waals surface area contributed by atoms with Crippen LogP contribution in [-0.2, 0) is 0 Å². The van der Waals surface area contributed by atoms with E-state index in [9.17, 15) is 14.9 Å². The van der Waals surface area contributed by atoms with Crippen LogP contribution in [0.3, 0.4) is 0 Å². The second-order valence-corrected chi connectivity index (χ2v) is 6.24. The number of carbonyl (C=O) groups is 1. The number of benzene rings is 1. The van der Waals surface area contributed by atoms with E-state index < -0.39 is 4.92 Å². The lowest BCUT2D eigenvalue weighted by Crippen LogP contribution is -2.34. The summed E-state index contributed by atoms with van der Waals surface area (Å²) in [5.41, 5.74) is 0.652. The van der Waals surface area contributed by atoms with Crippen molar-refractivity contribution >= 4 is 17.3 Å². The highest BCUT2D eigenvalue weighted by molar-refractivity contribution is 5.95. The van der Waals surface area contributed by atoms with Gasteiger partial charge in [-0.1, -0.05) is 20.8 Å². The van der Waals surface area contributed by atoms with Crippen LogP contribution in [0.25, 0.3) is 0 Å². The van der Waals surface area contributed by atoms with E-state index >= 15 is 0 Å². The van der Waals surface area contributed by atoms with Gasteiger partial charge in [-0.2, -0.15) is 0 Å². The molecule has 0 spiro atoms. The number of nitrogens with zero attached hydrogens (tertiary/aromatic N) is 2. The summed E-state index contributed by atoms with van der Waals surface area (Å²) in [7, 11) is 1.71. The molecule has 0 aliphatic carbocycles. The van der Waals surface area contributed by atoms with E-state index in [-0.39, 0.29) is 17.0 Å². The van der Waals surface area contributed by atoms with E-state index in [1.54, 1.807) is 24.1 Å². The Labute approximate surface area is 125 Å². The molecule has 1 aromatic carbocycles. The van der Waals surface area contributed by atoms with Crippen LogP contribution in [0.5, 0.6) is 0 Å². The lowest BCUT2D eigenvalue weighted by atomic mass is 9.96. The van der Waals surface area contributed by atoms with Gasteiger partial charge in [-0.15, -0.1) is 0 Å². The highest BCUT2D eigenvalue weighted by Crippen LogP contribution is 2.26. The molecular weight excluding hydrogens is 270 g/mol. The standard InChI is InChI=1S/C15H23N3O3/c1-6-16-12-8-7-11(9-13(12)18(20)21)14(19)17(5)10-15(2,3)4/h7-9,16H,6,10H2,1-5H3. The summed E-state index contributed by atoms with van der Waals surface area (Å²) in [5, 5.41) is 14.0. The molecule has 0 atom stereocenters. The van der Waals surface area contributed by atoms with Gasteiger partial charge < -0.3 is 10.2 Å². The summed E-state index contributed by atoms with van der Waals surface area (Å²) < 4.78 is 0. The zero-order valence-electron chi connectivity index (χ0n) is 13.3. The van der Waals surface area contributed by atoms with Gasteiger partial charge in [-0.25, -0.2) is 0 Å². The number of nitrogens with one attached hydrogen (secondary N) is 1. The molecule has 6 nitrogen and oxygen atoms in total. The Hall–Kier alpha value is -2.11.